The van der Waals surface area contributed by atoms with E-state index in [0.29, 0.717) is 23.3 Å². The molecule has 158 valence electrons. The molecule has 6 nitrogen and oxygen atoms in total. The lowest BCUT2D eigenvalue weighted by atomic mass is 9.69. The summed E-state index contributed by atoms with van der Waals surface area (Å²) >= 11 is 1.42. The van der Waals surface area contributed by atoms with Gasteiger partial charge >= 0.3 is 5.97 Å². The first-order valence-electron chi connectivity index (χ1n) is 9.59. The largest absolute Gasteiger partial charge is 0.460 e. The number of hydrogen-bond acceptors (Lipinski definition) is 6. The van der Waals surface area contributed by atoms with Crippen molar-refractivity contribution < 1.29 is 23.2 Å². The van der Waals surface area contributed by atoms with Crippen molar-refractivity contribution in [2.45, 2.75) is 64.0 Å². The Kier molecular flexibility index (Phi) is 5.98. The van der Waals surface area contributed by atoms with Gasteiger partial charge in [0.1, 0.15) is 5.60 Å². The van der Waals surface area contributed by atoms with Gasteiger partial charge in [0.05, 0.1) is 28.0 Å². The van der Waals surface area contributed by atoms with Crippen LogP contribution >= 0.6 is 11.8 Å². The number of nitrogens with zero attached hydrogens (tertiary/aromatic N) is 2. The predicted octanol–water partition coefficient (Wildman–Crippen LogP) is 5.14. The van der Waals surface area contributed by atoms with Crippen molar-refractivity contribution in [2.24, 2.45) is 10.9 Å². The van der Waals surface area contributed by atoms with E-state index in [9.17, 15) is 23.7 Å². The Labute approximate surface area is 172 Å². The van der Waals surface area contributed by atoms with Crippen LogP contribution in [0.3, 0.4) is 0 Å². The number of carbonyl (C=O) groups excluding carboxylic acids is 1. The topological polar surface area (TPSA) is 81.8 Å². The van der Waals surface area contributed by atoms with Crippen LogP contribution in [0.1, 0.15) is 58.4 Å². The van der Waals surface area contributed by atoms with Gasteiger partial charge in [0, 0.05) is 17.4 Å². The smallest absolute Gasteiger partial charge is 0.312 e. The maximum absolute atomic E-state index is 14.8. The lowest BCUT2D eigenvalue weighted by Gasteiger charge is -2.44. The Morgan fingerprint density at radius 2 is 2.10 bits per heavy atom. The molecule has 0 spiro atoms. The summed E-state index contributed by atoms with van der Waals surface area (Å²) in [7, 11) is 0. The number of rotatable bonds is 4. The number of benzene rings is 1. The highest BCUT2D eigenvalue weighted by molar-refractivity contribution is 8.14. The fourth-order valence-corrected chi connectivity index (χ4v) is 5.33. The second kappa shape index (κ2) is 8.01. The molecule has 0 aromatic heterocycles. The zero-order valence-corrected chi connectivity index (χ0v) is 17.5. The third-order valence-corrected chi connectivity index (χ3v) is 6.35. The number of thioether (sulfide) groups is 1. The summed E-state index contributed by atoms with van der Waals surface area (Å²) in [6, 6.07) is 1.69. The Balaban J connectivity index is 2.05. The van der Waals surface area contributed by atoms with Gasteiger partial charge in [-0.15, -0.1) is 11.8 Å². The normalized spacial score (nSPS) is 24.4. The fourth-order valence-electron chi connectivity index (χ4n) is 4.05. The van der Waals surface area contributed by atoms with E-state index < -0.39 is 39.4 Å². The SMILES string of the molecule is CC(C)(C)OC(=O)CC1=N[C@@]2(c3cc([N+](=O)[O-])cc(F)c3F)CCCC[C@H]2CS1. The molecule has 1 heterocycles. The molecule has 0 unspecified atom stereocenters. The van der Waals surface area contributed by atoms with Gasteiger partial charge in [-0.3, -0.25) is 19.9 Å². The zero-order chi connectivity index (χ0) is 21.4. The molecule has 0 bridgehead atoms. The molecule has 3 rings (SSSR count). The van der Waals surface area contributed by atoms with Gasteiger partial charge in [0.15, 0.2) is 11.6 Å². The zero-order valence-electron chi connectivity index (χ0n) is 16.7. The van der Waals surface area contributed by atoms with Crippen LogP contribution in [0.5, 0.6) is 0 Å². The third kappa shape index (κ3) is 4.60. The maximum Gasteiger partial charge on any atom is 0.312 e. The molecular formula is C20H24F2N2O4S. The van der Waals surface area contributed by atoms with Gasteiger partial charge in [0.25, 0.3) is 5.69 Å². The van der Waals surface area contributed by atoms with Gasteiger partial charge in [-0.05, 0) is 39.5 Å². The van der Waals surface area contributed by atoms with Gasteiger partial charge in [-0.1, -0.05) is 12.8 Å². The highest BCUT2D eigenvalue weighted by atomic mass is 32.2. The summed E-state index contributed by atoms with van der Waals surface area (Å²) in [6.07, 6.45) is 2.83. The molecule has 1 aromatic carbocycles. The fraction of sp³-hybridized carbons (Fsp3) is 0.600. The molecule has 2 atom stereocenters. The summed E-state index contributed by atoms with van der Waals surface area (Å²) in [6.45, 7) is 5.29. The first-order valence-corrected chi connectivity index (χ1v) is 10.6. The Hall–Kier alpha value is -2.03. The highest BCUT2D eigenvalue weighted by Gasteiger charge is 2.47. The van der Waals surface area contributed by atoms with Gasteiger partial charge < -0.3 is 4.74 Å². The van der Waals surface area contributed by atoms with E-state index in [-0.39, 0.29) is 17.9 Å². The Morgan fingerprint density at radius 1 is 1.38 bits per heavy atom. The summed E-state index contributed by atoms with van der Waals surface area (Å²) in [5.41, 5.74) is -2.33. The van der Waals surface area contributed by atoms with Crippen LogP contribution in [-0.4, -0.2) is 27.3 Å². The molecule has 0 radical (unpaired) electrons. The average Bonchev–Trinajstić information content (AvgIpc) is 2.61. The van der Waals surface area contributed by atoms with Crippen LogP contribution in [-0.2, 0) is 15.1 Å². The number of nitro benzene ring substituents is 1. The molecule has 1 aromatic rings. The minimum Gasteiger partial charge on any atom is -0.460 e. The number of ether oxygens (including phenoxy) is 1. The molecule has 29 heavy (non-hydrogen) atoms. The minimum atomic E-state index is -1.25. The number of hydrogen-bond donors (Lipinski definition) is 0. The predicted molar refractivity (Wildman–Crippen MR) is 107 cm³/mol. The van der Waals surface area contributed by atoms with Crippen LogP contribution < -0.4 is 0 Å². The van der Waals surface area contributed by atoms with Gasteiger partial charge in [0.2, 0.25) is 0 Å². The summed E-state index contributed by atoms with van der Waals surface area (Å²) in [5, 5.41) is 11.7. The van der Waals surface area contributed by atoms with Crippen molar-refractivity contribution in [2.75, 3.05) is 5.75 Å². The average molecular weight is 426 g/mol. The first-order chi connectivity index (χ1) is 13.5. The van der Waals surface area contributed by atoms with E-state index in [0.717, 1.165) is 25.3 Å². The quantitative estimate of drug-likeness (QED) is 0.378. The van der Waals surface area contributed by atoms with Crippen molar-refractivity contribution in [1.82, 2.24) is 0 Å². The molecule has 1 saturated carbocycles. The maximum atomic E-state index is 14.8. The third-order valence-electron chi connectivity index (χ3n) is 5.22. The number of nitro groups is 1. The standard InChI is InChI=1S/C20H24F2N2O4S/c1-19(2,3)28-17(25)10-16-23-20(7-5-4-6-12(20)11-29-16)14-8-13(24(26)27)9-15(21)18(14)22/h8-9,12H,4-7,10-11H2,1-3H3/t12-,20-/m0/s1. The van der Waals surface area contributed by atoms with Crippen LogP contribution in [0.25, 0.3) is 0 Å². The monoisotopic (exact) mass is 426 g/mol. The van der Waals surface area contributed by atoms with Crippen LogP contribution in [0.4, 0.5) is 14.5 Å². The van der Waals surface area contributed by atoms with Crippen LogP contribution in [0.2, 0.25) is 0 Å². The molecule has 1 aliphatic carbocycles. The molecule has 0 saturated heterocycles. The number of non-ortho nitro benzene ring substituents is 1. The molecule has 1 fully saturated rings. The number of halogens is 2. The number of fused-ring (bicyclic) bond motifs is 1. The van der Waals surface area contributed by atoms with E-state index in [4.69, 9.17) is 9.73 Å². The van der Waals surface area contributed by atoms with Crippen LogP contribution in [0.15, 0.2) is 17.1 Å². The Bertz CT molecular complexity index is 869. The van der Waals surface area contributed by atoms with Crippen molar-refractivity contribution in [1.29, 1.82) is 0 Å². The number of esters is 1. The lowest BCUT2D eigenvalue weighted by molar-refractivity contribution is -0.385. The number of aliphatic imine (C=N–C) groups is 1. The summed E-state index contributed by atoms with van der Waals surface area (Å²) < 4.78 is 34.4. The van der Waals surface area contributed by atoms with Crippen molar-refractivity contribution in [3.05, 3.63) is 39.4 Å². The first kappa shape index (κ1) is 21.7. The van der Waals surface area contributed by atoms with Crippen molar-refractivity contribution >= 4 is 28.5 Å². The molecular weight excluding hydrogens is 402 g/mol. The molecule has 0 amide bonds. The number of carbonyl (C=O) groups is 1. The van der Waals surface area contributed by atoms with E-state index in [1.807, 2.05) is 0 Å². The van der Waals surface area contributed by atoms with E-state index >= 15 is 0 Å². The van der Waals surface area contributed by atoms with Crippen LogP contribution in [0, 0.1) is 27.7 Å². The highest BCUT2D eigenvalue weighted by Crippen LogP contribution is 2.51. The van der Waals surface area contributed by atoms with Gasteiger partial charge in [-0.25, -0.2) is 8.78 Å². The molecule has 9 heteroatoms. The lowest BCUT2D eigenvalue weighted by Crippen LogP contribution is -2.42. The van der Waals surface area contributed by atoms with E-state index in [1.165, 1.54) is 11.8 Å². The van der Waals surface area contributed by atoms with E-state index in [1.54, 1.807) is 20.8 Å². The van der Waals surface area contributed by atoms with Crippen molar-refractivity contribution in [3.63, 3.8) is 0 Å². The van der Waals surface area contributed by atoms with Crippen molar-refractivity contribution in [3.8, 4) is 0 Å². The second-order valence-corrected chi connectivity index (χ2v) is 9.59. The second-order valence-electron chi connectivity index (χ2n) is 8.49. The summed E-state index contributed by atoms with van der Waals surface area (Å²) in [5.74, 6) is -2.30. The minimum absolute atomic E-state index is 0.0601. The molecule has 2 aliphatic rings. The summed E-state index contributed by atoms with van der Waals surface area (Å²) in [4.78, 5) is 27.5. The Morgan fingerprint density at radius 3 is 2.76 bits per heavy atom. The van der Waals surface area contributed by atoms with Gasteiger partial charge in [-0.2, -0.15) is 0 Å². The van der Waals surface area contributed by atoms with E-state index in [2.05, 4.69) is 0 Å². The molecule has 0 N–H and O–H groups in total. The molecule has 1 aliphatic heterocycles.